The molecular formula is C16H19Cl2N3O2. The number of hydrogen-bond acceptors (Lipinski definition) is 4. The van der Waals surface area contributed by atoms with E-state index in [1.807, 2.05) is 30.3 Å². The predicted molar refractivity (Wildman–Crippen MR) is 94.9 cm³/mol. The summed E-state index contributed by atoms with van der Waals surface area (Å²) in [6.45, 7) is 1.61. The zero-order chi connectivity index (χ0) is 14.5. The third-order valence-electron chi connectivity index (χ3n) is 3.44. The Morgan fingerprint density at radius 3 is 2.70 bits per heavy atom. The van der Waals surface area contributed by atoms with Crippen molar-refractivity contribution in [3.63, 3.8) is 0 Å². The number of aromatic nitrogens is 1. The fraction of sp³-hybridized carbons (Fsp3) is 0.250. The smallest absolute Gasteiger partial charge is 0.228 e. The van der Waals surface area contributed by atoms with Crippen LogP contribution in [0.4, 0.5) is 5.69 Å². The summed E-state index contributed by atoms with van der Waals surface area (Å²) >= 11 is 0. The van der Waals surface area contributed by atoms with Crippen molar-refractivity contribution >= 4 is 36.4 Å². The zero-order valence-electron chi connectivity index (χ0n) is 12.4. The van der Waals surface area contributed by atoms with Crippen LogP contribution in [-0.2, 0) is 4.79 Å². The summed E-state index contributed by atoms with van der Waals surface area (Å²) in [5.41, 5.74) is 0.596. The Labute approximate surface area is 147 Å². The van der Waals surface area contributed by atoms with Gasteiger partial charge >= 0.3 is 0 Å². The van der Waals surface area contributed by atoms with Gasteiger partial charge < -0.3 is 15.4 Å². The molecule has 0 aliphatic carbocycles. The van der Waals surface area contributed by atoms with Crippen LogP contribution in [0.3, 0.4) is 0 Å². The Bertz CT molecular complexity index is 620. The Morgan fingerprint density at radius 1 is 1.22 bits per heavy atom. The van der Waals surface area contributed by atoms with E-state index in [0.717, 1.165) is 25.3 Å². The number of nitrogens with one attached hydrogen (secondary N) is 2. The highest BCUT2D eigenvalue weighted by atomic mass is 35.5. The first-order chi connectivity index (χ1) is 10.3. The Kier molecular flexibility index (Phi) is 7.81. The highest BCUT2D eigenvalue weighted by molar-refractivity contribution is 5.94. The van der Waals surface area contributed by atoms with E-state index in [9.17, 15) is 4.79 Å². The number of carbonyl (C=O) groups excluding carboxylic acids is 1. The van der Waals surface area contributed by atoms with Crippen molar-refractivity contribution in [3.8, 4) is 11.5 Å². The van der Waals surface area contributed by atoms with Crippen molar-refractivity contribution in [1.82, 2.24) is 10.3 Å². The lowest BCUT2D eigenvalue weighted by Gasteiger charge is -2.13. The van der Waals surface area contributed by atoms with Gasteiger partial charge in [0.2, 0.25) is 5.91 Å². The van der Waals surface area contributed by atoms with Crippen LogP contribution in [0.25, 0.3) is 0 Å². The topological polar surface area (TPSA) is 63.2 Å². The molecule has 1 aromatic heterocycles. The van der Waals surface area contributed by atoms with Gasteiger partial charge in [0, 0.05) is 18.8 Å². The van der Waals surface area contributed by atoms with Gasteiger partial charge in [0.25, 0.3) is 0 Å². The lowest BCUT2D eigenvalue weighted by Crippen LogP contribution is -2.24. The van der Waals surface area contributed by atoms with E-state index in [0.29, 0.717) is 11.4 Å². The average molecular weight is 356 g/mol. The summed E-state index contributed by atoms with van der Waals surface area (Å²) in [5, 5.41) is 6.09. The number of para-hydroxylation sites is 1. The fourth-order valence-electron chi connectivity index (χ4n) is 2.29. The summed E-state index contributed by atoms with van der Waals surface area (Å²) in [6.07, 6.45) is 4.12. The highest BCUT2D eigenvalue weighted by Gasteiger charge is 2.23. The van der Waals surface area contributed by atoms with E-state index in [1.165, 1.54) is 0 Å². The van der Waals surface area contributed by atoms with Crippen LogP contribution in [0.1, 0.15) is 6.42 Å². The Balaban J connectivity index is 0.00000132. The molecule has 1 atom stereocenters. The van der Waals surface area contributed by atoms with Gasteiger partial charge in [-0.1, -0.05) is 18.2 Å². The number of ether oxygens (including phenoxy) is 1. The minimum atomic E-state index is 0. The molecule has 7 heteroatoms. The van der Waals surface area contributed by atoms with Crippen molar-refractivity contribution in [1.29, 1.82) is 0 Å². The first kappa shape index (κ1) is 19.2. The van der Waals surface area contributed by atoms with Gasteiger partial charge in [-0.3, -0.25) is 9.78 Å². The van der Waals surface area contributed by atoms with Crippen LogP contribution in [0.2, 0.25) is 0 Å². The second-order valence-corrected chi connectivity index (χ2v) is 4.97. The SMILES string of the molecule is Cl.Cl.O=C(Nc1cnccc1Oc1ccccc1)C1CCNC1. The van der Waals surface area contributed by atoms with E-state index in [4.69, 9.17) is 4.74 Å². The Hall–Kier alpha value is -1.82. The monoisotopic (exact) mass is 355 g/mol. The maximum absolute atomic E-state index is 12.2. The molecule has 1 aromatic carbocycles. The van der Waals surface area contributed by atoms with Gasteiger partial charge in [-0.2, -0.15) is 0 Å². The van der Waals surface area contributed by atoms with Gasteiger partial charge in [-0.05, 0) is 25.1 Å². The van der Waals surface area contributed by atoms with Gasteiger partial charge in [0.05, 0.1) is 12.1 Å². The lowest BCUT2D eigenvalue weighted by atomic mass is 10.1. The van der Waals surface area contributed by atoms with Crippen molar-refractivity contribution in [2.24, 2.45) is 5.92 Å². The highest BCUT2D eigenvalue weighted by Crippen LogP contribution is 2.28. The van der Waals surface area contributed by atoms with Crippen molar-refractivity contribution in [2.75, 3.05) is 18.4 Å². The van der Waals surface area contributed by atoms with E-state index in [1.54, 1.807) is 18.5 Å². The predicted octanol–water partition coefficient (Wildman–Crippen LogP) is 3.27. The zero-order valence-corrected chi connectivity index (χ0v) is 14.0. The molecule has 1 aliphatic heterocycles. The van der Waals surface area contributed by atoms with E-state index < -0.39 is 0 Å². The second kappa shape index (κ2) is 9.35. The summed E-state index contributed by atoms with van der Waals surface area (Å²) in [4.78, 5) is 16.2. The molecule has 2 aromatic rings. The molecule has 5 nitrogen and oxygen atoms in total. The molecule has 0 spiro atoms. The molecule has 0 radical (unpaired) electrons. The van der Waals surface area contributed by atoms with Crippen molar-refractivity contribution in [2.45, 2.75) is 6.42 Å². The summed E-state index contributed by atoms with van der Waals surface area (Å²) in [7, 11) is 0. The number of carbonyl (C=O) groups is 1. The first-order valence-electron chi connectivity index (χ1n) is 7.01. The van der Waals surface area contributed by atoms with Crippen LogP contribution in [0.15, 0.2) is 48.8 Å². The number of nitrogens with zero attached hydrogens (tertiary/aromatic N) is 1. The molecule has 1 fully saturated rings. The molecule has 2 heterocycles. The van der Waals surface area contributed by atoms with Crippen LogP contribution in [0.5, 0.6) is 11.5 Å². The van der Waals surface area contributed by atoms with Crippen LogP contribution < -0.4 is 15.4 Å². The standard InChI is InChI=1S/C16H17N3O2.2ClH/c20-16(12-6-8-17-10-12)19-14-11-18-9-7-15(14)21-13-4-2-1-3-5-13;;/h1-5,7,9,11-12,17H,6,8,10H2,(H,19,20);2*1H. The Morgan fingerprint density at radius 2 is 2.00 bits per heavy atom. The molecule has 124 valence electrons. The van der Waals surface area contributed by atoms with Gasteiger partial charge in [-0.15, -0.1) is 24.8 Å². The lowest BCUT2D eigenvalue weighted by molar-refractivity contribution is -0.119. The second-order valence-electron chi connectivity index (χ2n) is 4.97. The fourth-order valence-corrected chi connectivity index (χ4v) is 2.29. The van der Waals surface area contributed by atoms with E-state index in [-0.39, 0.29) is 36.6 Å². The third kappa shape index (κ3) is 5.10. The largest absolute Gasteiger partial charge is 0.455 e. The normalized spacial score (nSPS) is 15.9. The maximum Gasteiger partial charge on any atom is 0.228 e. The number of rotatable bonds is 4. The molecule has 3 rings (SSSR count). The molecule has 1 saturated heterocycles. The van der Waals surface area contributed by atoms with Crippen LogP contribution >= 0.6 is 24.8 Å². The molecule has 1 unspecified atom stereocenters. The minimum absolute atomic E-state index is 0. The maximum atomic E-state index is 12.2. The molecule has 0 saturated carbocycles. The van der Waals surface area contributed by atoms with E-state index >= 15 is 0 Å². The molecular weight excluding hydrogens is 337 g/mol. The van der Waals surface area contributed by atoms with Crippen LogP contribution in [-0.4, -0.2) is 24.0 Å². The number of hydrogen-bond donors (Lipinski definition) is 2. The minimum Gasteiger partial charge on any atom is -0.455 e. The number of pyridine rings is 1. The number of halogens is 2. The summed E-state index contributed by atoms with van der Waals surface area (Å²) in [5.74, 6) is 1.33. The molecule has 0 bridgehead atoms. The number of anilines is 1. The molecule has 23 heavy (non-hydrogen) atoms. The van der Waals surface area contributed by atoms with Crippen molar-refractivity contribution < 1.29 is 9.53 Å². The quantitative estimate of drug-likeness (QED) is 0.883. The summed E-state index contributed by atoms with van der Waals surface area (Å²) < 4.78 is 5.80. The number of benzene rings is 1. The van der Waals surface area contributed by atoms with E-state index in [2.05, 4.69) is 15.6 Å². The van der Waals surface area contributed by atoms with Gasteiger partial charge in [0.15, 0.2) is 5.75 Å². The van der Waals surface area contributed by atoms with Gasteiger partial charge in [-0.25, -0.2) is 0 Å². The average Bonchev–Trinajstić information content (AvgIpc) is 3.05. The first-order valence-corrected chi connectivity index (χ1v) is 7.01. The van der Waals surface area contributed by atoms with Crippen molar-refractivity contribution in [3.05, 3.63) is 48.8 Å². The molecule has 2 N–H and O–H groups in total. The number of amides is 1. The third-order valence-corrected chi connectivity index (χ3v) is 3.44. The summed E-state index contributed by atoms with van der Waals surface area (Å²) in [6, 6.07) is 11.2. The van der Waals surface area contributed by atoms with Crippen LogP contribution in [0, 0.1) is 5.92 Å². The molecule has 1 aliphatic rings. The van der Waals surface area contributed by atoms with Gasteiger partial charge in [0.1, 0.15) is 11.4 Å². The molecule has 1 amide bonds.